The van der Waals surface area contributed by atoms with Gasteiger partial charge in [0.1, 0.15) is 4.75 Å². The summed E-state index contributed by atoms with van der Waals surface area (Å²) in [5, 5.41) is 14.6. The fourth-order valence-corrected chi connectivity index (χ4v) is 3.80. The number of aromatic nitrogens is 1. The molecule has 0 fully saturated rings. The average Bonchev–Trinajstić information content (AvgIpc) is 2.72. The first kappa shape index (κ1) is 25.8. The number of hydrogen-bond donors (Lipinski definition) is 3. The number of nitrogens with one attached hydrogen (secondary N) is 1. The molecule has 2 aromatic rings. The molecular weight excluding hydrogens is 459 g/mol. The smallest absolute Gasteiger partial charge is 0.416 e. The number of benzene rings is 1. The van der Waals surface area contributed by atoms with E-state index in [1.807, 2.05) is 0 Å². The molecule has 1 aromatic carbocycles. The fourth-order valence-electron chi connectivity index (χ4n) is 2.62. The quantitative estimate of drug-likeness (QED) is 0.232. The van der Waals surface area contributed by atoms with Crippen LogP contribution in [0.25, 0.3) is 11.3 Å². The zero-order valence-corrected chi connectivity index (χ0v) is 19.5. The van der Waals surface area contributed by atoms with Crippen LogP contribution < -0.4 is 5.32 Å². The van der Waals surface area contributed by atoms with Crippen molar-refractivity contribution < 1.29 is 23.1 Å². The highest BCUT2D eigenvalue weighted by molar-refractivity contribution is 8.15. The number of carboxylic acids is 1. The lowest BCUT2D eigenvalue weighted by Gasteiger charge is -2.18. The molecule has 1 aromatic heterocycles. The molecule has 1 heterocycles. The van der Waals surface area contributed by atoms with E-state index in [0.717, 1.165) is 17.8 Å². The highest BCUT2D eigenvalue weighted by atomic mass is 32.2. The number of alkyl halides is 3. The van der Waals surface area contributed by atoms with E-state index in [1.54, 1.807) is 44.5 Å². The molecule has 0 aliphatic carbocycles. The summed E-state index contributed by atoms with van der Waals surface area (Å²) < 4.78 is 37.1. The van der Waals surface area contributed by atoms with Gasteiger partial charge in [-0.15, -0.1) is 12.6 Å². The van der Waals surface area contributed by atoms with Crippen LogP contribution in [0.2, 0.25) is 0 Å². The number of pyridine rings is 1. The van der Waals surface area contributed by atoms with Crippen molar-refractivity contribution in [2.24, 2.45) is 4.99 Å². The van der Waals surface area contributed by atoms with Crippen molar-refractivity contribution in [3.63, 3.8) is 0 Å². The van der Waals surface area contributed by atoms with Crippen LogP contribution in [-0.4, -0.2) is 32.4 Å². The SMILES string of the molecule is CC(=N/C(=C\S)CCNc1ccc(-c2ccc(C(F)(F)F)cc2)nc1)SC(C)(C)C(=O)O. The van der Waals surface area contributed by atoms with Gasteiger partial charge in [-0.05, 0) is 50.4 Å². The average molecular weight is 484 g/mol. The molecule has 0 unspecified atom stereocenters. The predicted octanol–water partition coefficient (Wildman–Crippen LogP) is 6.36. The molecule has 0 amide bonds. The molecular formula is C22H24F3N3O2S2. The number of carboxylic acid groups (broad SMARTS) is 1. The second kappa shape index (κ2) is 10.9. The number of thiol groups is 1. The van der Waals surface area contributed by atoms with Crippen LogP contribution in [-0.2, 0) is 11.0 Å². The van der Waals surface area contributed by atoms with Crippen molar-refractivity contribution >= 4 is 41.1 Å². The number of halogens is 3. The number of carbonyl (C=O) groups is 1. The van der Waals surface area contributed by atoms with Gasteiger partial charge in [-0.3, -0.25) is 14.8 Å². The van der Waals surface area contributed by atoms with E-state index in [2.05, 4.69) is 27.9 Å². The van der Waals surface area contributed by atoms with Gasteiger partial charge in [-0.2, -0.15) is 13.2 Å². The topological polar surface area (TPSA) is 74.6 Å². The van der Waals surface area contributed by atoms with Crippen molar-refractivity contribution in [1.29, 1.82) is 0 Å². The standard InChI is InChI=1S/C22H24F3N3O2S2/c1-14(32-21(2,3)20(29)30)28-18(13-31)10-11-26-17-8-9-19(27-12-17)15-4-6-16(7-5-15)22(23,24)25/h4-9,12-13,26,31H,10-11H2,1-3H3,(H,29,30)/b18-13-,28-14?. The maximum absolute atomic E-state index is 12.7. The first-order valence-corrected chi connectivity index (χ1v) is 10.9. The van der Waals surface area contributed by atoms with E-state index < -0.39 is 22.5 Å². The number of thioether (sulfide) groups is 1. The lowest BCUT2D eigenvalue weighted by atomic mass is 10.1. The van der Waals surface area contributed by atoms with Gasteiger partial charge in [0.15, 0.2) is 0 Å². The third kappa shape index (κ3) is 7.59. The Morgan fingerprint density at radius 2 is 1.88 bits per heavy atom. The summed E-state index contributed by atoms with van der Waals surface area (Å²) in [6, 6.07) is 8.38. The Labute approximate surface area is 194 Å². The Balaban J connectivity index is 1.93. The van der Waals surface area contributed by atoms with E-state index in [1.165, 1.54) is 23.9 Å². The lowest BCUT2D eigenvalue weighted by Crippen LogP contribution is -2.28. The number of rotatable bonds is 8. The summed E-state index contributed by atoms with van der Waals surface area (Å²) >= 11 is 5.34. The fraction of sp³-hybridized carbons (Fsp3) is 0.318. The van der Waals surface area contributed by atoms with Gasteiger partial charge in [-0.1, -0.05) is 23.9 Å². The maximum atomic E-state index is 12.7. The van der Waals surface area contributed by atoms with Gasteiger partial charge in [0.05, 0.1) is 28.2 Å². The highest BCUT2D eigenvalue weighted by Crippen LogP contribution is 2.31. The van der Waals surface area contributed by atoms with E-state index in [0.29, 0.717) is 35.0 Å². The Bertz CT molecular complexity index is 987. The molecule has 172 valence electrons. The minimum Gasteiger partial charge on any atom is -0.480 e. The predicted molar refractivity (Wildman–Crippen MR) is 127 cm³/mol. The van der Waals surface area contributed by atoms with Gasteiger partial charge in [0.25, 0.3) is 0 Å². The summed E-state index contributed by atoms with van der Waals surface area (Å²) in [5.74, 6) is -0.914. The molecule has 5 nitrogen and oxygen atoms in total. The Morgan fingerprint density at radius 1 is 1.22 bits per heavy atom. The number of aliphatic carboxylic acids is 1. The van der Waals surface area contributed by atoms with Gasteiger partial charge < -0.3 is 10.4 Å². The summed E-state index contributed by atoms with van der Waals surface area (Å²) in [6.07, 6.45) is -2.21. The van der Waals surface area contributed by atoms with E-state index in [-0.39, 0.29) is 0 Å². The van der Waals surface area contributed by atoms with Crippen LogP contribution in [0.1, 0.15) is 32.8 Å². The van der Waals surface area contributed by atoms with Crippen molar-refractivity contribution in [3.8, 4) is 11.3 Å². The van der Waals surface area contributed by atoms with E-state index >= 15 is 0 Å². The molecule has 0 saturated carbocycles. The van der Waals surface area contributed by atoms with E-state index in [4.69, 9.17) is 0 Å². The number of aliphatic imine (C=N–C) groups is 1. The Kier molecular flexibility index (Phi) is 8.80. The minimum absolute atomic E-state index is 0.539. The van der Waals surface area contributed by atoms with Crippen molar-refractivity contribution in [3.05, 3.63) is 59.3 Å². The van der Waals surface area contributed by atoms with Crippen LogP contribution in [0.4, 0.5) is 18.9 Å². The molecule has 0 atom stereocenters. The Morgan fingerprint density at radius 3 is 2.38 bits per heavy atom. The van der Waals surface area contributed by atoms with Crippen molar-refractivity contribution in [2.75, 3.05) is 11.9 Å². The molecule has 10 heteroatoms. The highest BCUT2D eigenvalue weighted by Gasteiger charge is 2.30. The first-order valence-electron chi connectivity index (χ1n) is 9.61. The second-order valence-corrected chi connectivity index (χ2v) is 9.43. The normalized spacial score (nSPS) is 13.2. The van der Waals surface area contributed by atoms with Crippen LogP contribution in [0.3, 0.4) is 0 Å². The molecule has 2 N–H and O–H groups in total. The molecule has 0 aliphatic rings. The first-order chi connectivity index (χ1) is 14.9. The van der Waals surface area contributed by atoms with Crippen LogP contribution in [0, 0.1) is 0 Å². The third-order valence-electron chi connectivity index (χ3n) is 4.35. The van der Waals surface area contributed by atoms with Gasteiger partial charge in [0, 0.05) is 24.2 Å². The summed E-state index contributed by atoms with van der Waals surface area (Å²) in [4.78, 5) is 20.0. The van der Waals surface area contributed by atoms with Crippen LogP contribution in [0.15, 0.2) is 58.7 Å². The molecule has 0 spiro atoms. The van der Waals surface area contributed by atoms with E-state index in [9.17, 15) is 23.1 Å². The van der Waals surface area contributed by atoms with Crippen molar-refractivity contribution in [1.82, 2.24) is 4.98 Å². The lowest BCUT2D eigenvalue weighted by molar-refractivity contribution is -0.139. The van der Waals surface area contributed by atoms with Gasteiger partial charge in [0.2, 0.25) is 0 Å². The largest absolute Gasteiger partial charge is 0.480 e. The Hall–Kier alpha value is -2.46. The van der Waals surface area contributed by atoms with Crippen molar-refractivity contribution in [2.45, 2.75) is 38.1 Å². The second-order valence-electron chi connectivity index (χ2n) is 7.35. The monoisotopic (exact) mass is 483 g/mol. The van der Waals surface area contributed by atoms with Crippen LogP contribution in [0.5, 0.6) is 0 Å². The number of anilines is 1. The summed E-state index contributed by atoms with van der Waals surface area (Å²) in [6.45, 7) is 5.53. The van der Waals surface area contributed by atoms with Gasteiger partial charge in [-0.25, -0.2) is 0 Å². The van der Waals surface area contributed by atoms with Crippen LogP contribution >= 0.6 is 24.4 Å². The third-order valence-corrected chi connectivity index (χ3v) is 5.72. The maximum Gasteiger partial charge on any atom is 0.416 e. The molecule has 0 saturated heterocycles. The summed E-state index contributed by atoms with van der Waals surface area (Å²) in [5.41, 5.74) is 1.91. The summed E-state index contributed by atoms with van der Waals surface area (Å²) in [7, 11) is 0. The molecule has 2 rings (SSSR count). The zero-order valence-electron chi connectivity index (χ0n) is 17.8. The molecule has 0 radical (unpaired) electrons. The zero-order chi connectivity index (χ0) is 23.9. The number of hydrogen-bond acceptors (Lipinski definition) is 6. The number of nitrogens with zero attached hydrogens (tertiary/aromatic N) is 2. The minimum atomic E-state index is -4.37. The molecule has 0 bridgehead atoms. The van der Waals surface area contributed by atoms with Gasteiger partial charge >= 0.3 is 12.1 Å². The molecule has 0 aliphatic heterocycles. The molecule has 32 heavy (non-hydrogen) atoms.